The quantitative estimate of drug-likeness (QED) is 0.349. The number of carbonyl (C=O) groups is 1. The molecule has 28 heavy (non-hydrogen) atoms. The Morgan fingerprint density at radius 3 is 2.39 bits per heavy atom. The molecule has 0 radical (unpaired) electrons. The second-order valence-corrected chi connectivity index (χ2v) is 6.21. The van der Waals surface area contributed by atoms with E-state index < -0.39 is 5.97 Å². The van der Waals surface area contributed by atoms with Crippen LogP contribution in [-0.4, -0.2) is 24.3 Å². The number of nitriles is 1. The highest BCUT2D eigenvalue weighted by molar-refractivity contribution is 6.32. The molecule has 0 aliphatic rings. The van der Waals surface area contributed by atoms with Gasteiger partial charge in [0.1, 0.15) is 36.4 Å². The van der Waals surface area contributed by atoms with E-state index in [2.05, 4.69) is 0 Å². The van der Waals surface area contributed by atoms with Crippen molar-refractivity contribution in [2.75, 3.05) is 13.2 Å². The van der Waals surface area contributed by atoms with Crippen molar-refractivity contribution in [1.29, 1.82) is 5.26 Å². The molecule has 3 aromatic carbocycles. The molecule has 0 atom stereocenters. The zero-order valence-electron chi connectivity index (χ0n) is 14.8. The molecule has 6 heteroatoms. The molecule has 0 fully saturated rings. The number of halogens is 1. The van der Waals surface area contributed by atoms with Crippen molar-refractivity contribution in [2.45, 2.75) is 0 Å². The number of benzene rings is 3. The smallest absolute Gasteiger partial charge is 0.346 e. The fourth-order valence-electron chi connectivity index (χ4n) is 2.70. The van der Waals surface area contributed by atoms with E-state index >= 15 is 0 Å². The van der Waals surface area contributed by atoms with Crippen LogP contribution in [-0.2, 0) is 4.79 Å². The molecule has 1 N–H and O–H groups in total. The lowest BCUT2D eigenvalue weighted by atomic mass is 10.0. The van der Waals surface area contributed by atoms with Gasteiger partial charge in [0.25, 0.3) is 0 Å². The predicted octanol–water partition coefficient (Wildman–Crippen LogP) is 4.94. The molecule has 0 saturated heterocycles. The molecule has 0 spiro atoms. The van der Waals surface area contributed by atoms with Gasteiger partial charge in [0.2, 0.25) is 0 Å². The van der Waals surface area contributed by atoms with Crippen molar-refractivity contribution in [3.63, 3.8) is 0 Å². The summed E-state index contributed by atoms with van der Waals surface area (Å²) in [5, 5.41) is 20.5. The van der Waals surface area contributed by atoms with E-state index in [1.54, 1.807) is 24.3 Å². The van der Waals surface area contributed by atoms with E-state index in [0.717, 1.165) is 10.8 Å². The van der Waals surface area contributed by atoms with Crippen LogP contribution in [0.2, 0.25) is 5.02 Å². The van der Waals surface area contributed by atoms with Crippen LogP contribution in [0.1, 0.15) is 5.56 Å². The molecule has 3 aromatic rings. The minimum atomic E-state index is -1.29. The number of aliphatic carboxylic acids is 1. The normalized spacial score (nSPS) is 11.1. The molecule has 0 aliphatic carbocycles. The second-order valence-electron chi connectivity index (χ2n) is 5.80. The summed E-state index contributed by atoms with van der Waals surface area (Å²) in [4.78, 5) is 11.3. The van der Waals surface area contributed by atoms with Gasteiger partial charge in [-0.2, -0.15) is 5.26 Å². The summed E-state index contributed by atoms with van der Waals surface area (Å²) in [6.45, 7) is 0.475. The van der Waals surface area contributed by atoms with Gasteiger partial charge >= 0.3 is 5.97 Å². The van der Waals surface area contributed by atoms with Crippen LogP contribution in [0.4, 0.5) is 0 Å². The molecule has 3 rings (SSSR count). The van der Waals surface area contributed by atoms with Gasteiger partial charge in [0, 0.05) is 5.56 Å². The number of ether oxygens (including phenoxy) is 2. The highest BCUT2D eigenvalue weighted by Gasteiger charge is 2.12. The first kappa shape index (κ1) is 19.3. The number of rotatable bonds is 7. The van der Waals surface area contributed by atoms with E-state index in [1.807, 2.05) is 42.5 Å². The Bertz CT molecular complexity index is 1090. The van der Waals surface area contributed by atoms with Gasteiger partial charge in [0.05, 0.1) is 5.02 Å². The van der Waals surface area contributed by atoms with Crippen molar-refractivity contribution in [1.82, 2.24) is 0 Å². The van der Waals surface area contributed by atoms with Gasteiger partial charge < -0.3 is 14.6 Å². The van der Waals surface area contributed by atoms with Crippen LogP contribution < -0.4 is 9.47 Å². The summed E-state index contributed by atoms with van der Waals surface area (Å²) in [6.07, 6.45) is 1.33. The van der Waals surface area contributed by atoms with Crippen LogP contribution >= 0.6 is 11.6 Å². The summed E-state index contributed by atoms with van der Waals surface area (Å²) < 4.78 is 11.4. The Morgan fingerprint density at radius 1 is 1.00 bits per heavy atom. The fraction of sp³-hybridized carbons (Fsp3) is 0.0909. The summed E-state index contributed by atoms with van der Waals surface area (Å²) in [5.74, 6) is -0.261. The zero-order chi connectivity index (χ0) is 19.9. The van der Waals surface area contributed by atoms with E-state index in [1.165, 1.54) is 6.08 Å². The van der Waals surface area contributed by atoms with Gasteiger partial charge in [0.15, 0.2) is 0 Å². The highest BCUT2D eigenvalue weighted by Crippen LogP contribution is 2.30. The third-order valence-electron chi connectivity index (χ3n) is 4.01. The number of carboxylic acids is 1. The van der Waals surface area contributed by atoms with Gasteiger partial charge in [-0.25, -0.2) is 4.79 Å². The molecular formula is C22H16ClNO4. The lowest BCUT2D eigenvalue weighted by Gasteiger charge is -2.13. The van der Waals surface area contributed by atoms with Crippen molar-refractivity contribution in [3.8, 4) is 17.6 Å². The zero-order valence-corrected chi connectivity index (χ0v) is 15.5. The molecule has 0 unspecified atom stereocenters. The maximum absolute atomic E-state index is 11.3. The van der Waals surface area contributed by atoms with E-state index in [4.69, 9.17) is 26.3 Å². The summed E-state index contributed by atoms with van der Waals surface area (Å²) >= 11 is 6.05. The SMILES string of the molecule is N#CC(=Cc1c(OCCOc2ccccc2Cl)ccc2ccccc12)C(=O)O. The monoisotopic (exact) mass is 393 g/mol. The molecule has 140 valence electrons. The molecular weight excluding hydrogens is 378 g/mol. The van der Waals surface area contributed by atoms with Crippen LogP contribution in [0.25, 0.3) is 16.8 Å². The Morgan fingerprint density at radius 2 is 1.68 bits per heavy atom. The largest absolute Gasteiger partial charge is 0.489 e. The molecule has 0 bridgehead atoms. The molecule has 0 saturated carbocycles. The van der Waals surface area contributed by atoms with Gasteiger partial charge in [-0.1, -0.05) is 54.1 Å². The second kappa shape index (κ2) is 8.94. The standard InChI is InChI=1S/C22H16ClNO4/c23-19-7-3-4-8-21(19)28-12-11-27-20-10-9-15-5-1-2-6-17(15)18(20)13-16(14-24)22(25)26/h1-10,13H,11-12H2,(H,25,26). The summed E-state index contributed by atoms with van der Waals surface area (Å²) in [6, 6.07) is 20.0. The Labute approximate surface area is 167 Å². The lowest BCUT2D eigenvalue weighted by molar-refractivity contribution is -0.132. The van der Waals surface area contributed by atoms with Crippen LogP contribution in [0.5, 0.6) is 11.5 Å². The lowest BCUT2D eigenvalue weighted by Crippen LogP contribution is -2.10. The number of carboxylic acid groups (broad SMARTS) is 1. The number of nitrogens with zero attached hydrogens (tertiary/aromatic N) is 1. The minimum absolute atomic E-state index is 0.222. The number of para-hydroxylation sites is 1. The molecule has 0 amide bonds. The first-order valence-electron chi connectivity index (χ1n) is 8.47. The van der Waals surface area contributed by atoms with Crippen LogP contribution in [0.3, 0.4) is 0 Å². The first-order valence-corrected chi connectivity index (χ1v) is 8.85. The van der Waals surface area contributed by atoms with Crippen molar-refractivity contribution in [2.24, 2.45) is 0 Å². The number of hydrogen-bond acceptors (Lipinski definition) is 4. The summed E-state index contributed by atoms with van der Waals surface area (Å²) in [5.41, 5.74) is 0.170. The van der Waals surface area contributed by atoms with Crippen LogP contribution in [0, 0.1) is 11.3 Å². The Hall–Kier alpha value is -3.49. The Balaban J connectivity index is 1.84. The third kappa shape index (κ3) is 4.43. The molecule has 5 nitrogen and oxygen atoms in total. The molecule has 0 heterocycles. The maximum atomic E-state index is 11.3. The third-order valence-corrected chi connectivity index (χ3v) is 4.32. The van der Waals surface area contributed by atoms with E-state index in [-0.39, 0.29) is 18.8 Å². The highest BCUT2D eigenvalue weighted by atomic mass is 35.5. The first-order chi connectivity index (χ1) is 13.6. The topological polar surface area (TPSA) is 79.5 Å². The molecule has 0 aliphatic heterocycles. The van der Waals surface area contributed by atoms with E-state index in [0.29, 0.717) is 22.1 Å². The maximum Gasteiger partial charge on any atom is 0.346 e. The van der Waals surface area contributed by atoms with E-state index in [9.17, 15) is 9.90 Å². The Kier molecular flexibility index (Phi) is 6.15. The average Bonchev–Trinajstić information content (AvgIpc) is 2.70. The van der Waals surface area contributed by atoms with Crippen LogP contribution in [0.15, 0.2) is 66.2 Å². The number of hydrogen-bond donors (Lipinski definition) is 1. The summed E-state index contributed by atoms with van der Waals surface area (Å²) in [7, 11) is 0. The van der Waals surface area contributed by atoms with Gasteiger partial charge in [-0.3, -0.25) is 0 Å². The predicted molar refractivity (Wildman–Crippen MR) is 108 cm³/mol. The average molecular weight is 394 g/mol. The minimum Gasteiger partial charge on any atom is -0.489 e. The fourth-order valence-corrected chi connectivity index (χ4v) is 2.89. The van der Waals surface area contributed by atoms with Crippen molar-refractivity contribution < 1.29 is 19.4 Å². The van der Waals surface area contributed by atoms with Gasteiger partial charge in [-0.15, -0.1) is 0 Å². The molecule has 0 aromatic heterocycles. The number of fused-ring (bicyclic) bond motifs is 1. The van der Waals surface area contributed by atoms with Crippen molar-refractivity contribution in [3.05, 3.63) is 76.8 Å². The van der Waals surface area contributed by atoms with Crippen molar-refractivity contribution >= 4 is 34.4 Å². The van der Waals surface area contributed by atoms with Gasteiger partial charge in [-0.05, 0) is 35.0 Å².